The van der Waals surface area contributed by atoms with Gasteiger partial charge >= 0.3 is 0 Å². The lowest BCUT2D eigenvalue weighted by atomic mass is 10.0. The van der Waals surface area contributed by atoms with E-state index >= 15 is 0 Å². The normalized spacial score (nSPS) is 13.5. The molecular formula is C11H18Cl2N2. The maximum Gasteiger partial charge on any atom is 0.0846 e. The third kappa shape index (κ3) is 3.12. The second-order valence-electron chi connectivity index (χ2n) is 4.27. The van der Waals surface area contributed by atoms with Crippen LogP contribution >= 0.6 is 23.2 Å². The van der Waals surface area contributed by atoms with Gasteiger partial charge in [0, 0.05) is 12.4 Å². The monoisotopic (exact) mass is 248 g/mol. The first kappa shape index (κ1) is 12.9. The van der Waals surface area contributed by atoms with Crippen molar-refractivity contribution in [3.05, 3.63) is 16.4 Å². The molecule has 0 radical (unpaired) electrons. The predicted molar refractivity (Wildman–Crippen MR) is 65.8 cm³/mol. The summed E-state index contributed by atoms with van der Waals surface area (Å²) in [6, 6.07) is 0. The van der Waals surface area contributed by atoms with Gasteiger partial charge in [0.05, 0.1) is 16.4 Å². The van der Waals surface area contributed by atoms with E-state index in [9.17, 15) is 0 Å². The van der Waals surface area contributed by atoms with Crippen LogP contribution in [0, 0.1) is 12.8 Å². The fourth-order valence-electron chi connectivity index (χ4n) is 1.56. The Kier molecular flexibility index (Phi) is 4.47. The number of hydrogen-bond acceptors (Lipinski definition) is 1. The van der Waals surface area contributed by atoms with Gasteiger partial charge in [-0.2, -0.15) is 5.10 Å². The second-order valence-corrected chi connectivity index (χ2v) is 5.21. The molecule has 0 fully saturated rings. The molecule has 1 rings (SSSR count). The zero-order valence-corrected chi connectivity index (χ0v) is 11.2. The maximum absolute atomic E-state index is 6.20. The Morgan fingerprint density at radius 1 is 1.40 bits per heavy atom. The summed E-state index contributed by atoms with van der Waals surface area (Å²) in [4.78, 5) is 0. The number of rotatable bonds is 4. The van der Waals surface area contributed by atoms with Crippen molar-refractivity contribution >= 4 is 23.2 Å². The molecule has 0 aliphatic rings. The van der Waals surface area contributed by atoms with Crippen molar-refractivity contribution in [2.45, 2.75) is 39.0 Å². The minimum absolute atomic E-state index is 0.205. The lowest BCUT2D eigenvalue weighted by Gasteiger charge is -2.12. The molecule has 1 atom stereocenters. The van der Waals surface area contributed by atoms with Gasteiger partial charge in [-0.05, 0) is 25.7 Å². The quantitative estimate of drug-likeness (QED) is 0.746. The Bertz CT molecular complexity index is 332. The summed E-state index contributed by atoms with van der Waals surface area (Å²) in [6.45, 7) is 6.19. The van der Waals surface area contributed by atoms with Crippen LogP contribution in [0.4, 0.5) is 0 Å². The van der Waals surface area contributed by atoms with E-state index in [4.69, 9.17) is 23.2 Å². The van der Waals surface area contributed by atoms with Crippen LogP contribution < -0.4 is 0 Å². The molecule has 0 N–H and O–H groups in total. The molecule has 0 saturated heterocycles. The summed E-state index contributed by atoms with van der Waals surface area (Å²) in [5, 5.41) is 5.26. The van der Waals surface area contributed by atoms with Gasteiger partial charge in [-0.15, -0.1) is 11.6 Å². The Morgan fingerprint density at radius 2 is 2.00 bits per heavy atom. The van der Waals surface area contributed by atoms with Gasteiger partial charge in [0.2, 0.25) is 0 Å². The van der Waals surface area contributed by atoms with Gasteiger partial charge in [-0.3, -0.25) is 4.68 Å². The predicted octanol–water partition coefficient (Wildman–Crippen LogP) is 3.58. The van der Waals surface area contributed by atoms with E-state index in [1.54, 1.807) is 0 Å². The van der Waals surface area contributed by atoms with Crippen LogP contribution in [0.15, 0.2) is 0 Å². The summed E-state index contributed by atoms with van der Waals surface area (Å²) >= 11 is 12.4. The summed E-state index contributed by atoms with van der Waals surface area (Å²) in [5.74, 6) is 0.500. The lowest BCUT2D eigenvalue weighted by Crippen LogP contribution is -2.10. The smallest absolute Gasteiger partial charge is 0.0846 e. The van der Waals surface area contributed by atoms with Gasteiger partial charge in [0.25, 0.3) is 0 Å². The highest BCUT2D eigenvalue weighted by molar-refractivity contribution is 6.31. The topological polar surface area (TPSA) is 17.8 Å². The SMILES string of the molecule is Cc1nn(C)c(CCC(Cl)C(C)C)c1Cl. The van der Waals surface area contributed by atoms with E-state index in [2.05, 4.69) is 18.9 Å². The number of aryl methyl sites for hydroxylation is 2. The molecule has 0 bridgehead atoms. The molecular weight excluding hydrogens is 231 g/mol. The number of alkyl halides is 1. The fourth-order valence-corrected chi connectivity index (χ4v) is 1.92. The molecule has 4 heteroatoms. The summed E-state index contributed by atoms with van der Waals surface area (Å²) in [7, 11) is 1.92. The van der Waals surface area contributed by atoms with Crippen LogP contribution in [-0.2, 0) is 13.5 Å². The number of aromatic nitrogens is 2. The summed E-state index contributed by atoms with van der Waals surface area (Å²) in [6.07, 6.45) is 1.83. The molecule has 1 heterocycles. The third-order valence-electron chi connectivity index (χ3n) is 2.64. The van der Waals surface area contributed by atoms with Gasteiger partial charge in [-0.25, -0.2) is 0 Å². The standard InChI is InChI=1S/C11H18Cl2N2/c1-7(2)9(12)5-6-10-11(13)8(3)14-15(10)4/h7,9H,5-6H2,1-4H3. The van der Waals surface area contributed by atoms with Crippen molar-refractivity contribution in [2.75, 3.05) is 0 Å². The summed E-state index contributed by atoms with van der Waals surface area (Å²) in [5.41, 5.74) is 1.98. The Labute approximate surface area is 102 Å². The Morgan fingerprint density at radius 3 is 2.40 bits per heavy atom. The molecule has 1 aromatic rings. The van der Waals surface area contributed by atoms with Gasteiger partial charge < -0.3 is 0 Å². The van der Waals surface area contributed by atoms with E-state index in [-0.39, 0.29) is 5.38 Å². The van der Waals surface area contributed by atoms with Crippen molar-refractivity contribution in [2.24, 2.45) is 13.0 Å². The molecule has 86 valence electrons. The number of halogens is 2. The largest absolute Gasteiger partial charge is 0.271 e. The highest BCUT2D eigenvalue weighted by Crippen LogP contribution is 2.23. The zero-order chi connectivity index (χ0) is 11.6. The molecule has 0 aliphatic carbocycles. The van der Waals surface area contributed by atoms with Crippen LogP contribution in [0.5, 0.6) is 0 Å². The van der Waals surface area contributed by atoms with Crippen LogP contribution in [0.2, 0.25) is 5.02 Å². The van der Waals surface area contributed by atoms with Crippen molar-refractivity contribution in [3.63, 3.8) is 0 Å². The van der Waals surface area contributed by atoms with Crippen molar-refractivity contribution in [3.8, 4) is 0 Å². The fraction of sp³-hybridized carbons (Fsp3) is 0.727. The average molecular weight is 249 g/mol. The minimum Gasteiger partial charge on any atom is -0.271 e. The zero-order valence-electron chi connectivity index (χ0n) is 9.72. The second kappa shape index (κ2) is 5.22. The first-order valence-electron chi connectivity index (χ1n) is 5.25. The minimum atomic E-state index is 0.205. The van der Waals surface area contributed by atoms with Crippen molar-refractivity contribution in [1.29, 1.82) is 0 Å². The molecule has 0 amide bonds. The Balaban J connectivity index is 2.65. The van der Waals surface area contributed by atoms with E-state index in [1.807, 2.05) is 18.7 Å². The van der Waals surface area contributed by atoms with Crippen molar-refractivity contribution in [1.82, 2.24) is 9.78 Å². The molecule has 0 spiro atoms. The molecule has 0 aliphatic heterocycles. The van der Waals surface area contributed by atoms with Crippen LogP contribution in [0.1, 0.15) is 31.7 Å². The first-order valence-corrected chi connectivity index (χ1v) is 6.07. The molecule has 1 aromatic heterocycles. The van der Waals surface area contributed by atoms with E-state index in [1.165, 1.54) is 0 Å². The highest BCUT2D eigenvalue weighted by atomic mass is 35.5. The van der Waals surface area contributed by atoms with E-state index < -0.39 is 0 Å². The average Bonchev–Trinajstić information content (AvgIpc) is 2.38. The molecule has 0 saturated carbocycles. The summed E-state index contributed by atoms with van der Waals surface area (Å²) < 4.78 is 1.85. The molecule has 15 heavy (non-hydrogen) atoms. The van der Waals surface area contributed by atoms with Crippen molar-refractivity contribution < 1.29 is 0 Å². The first-order chi connectivity index (χ1) is 6.93. The number of hydrogen-bond donors (Lipinski definition) is 0. The Hall–Kier alpha value is -0.210. The van der Waals surface area contributed by atoms with Crippen LogP contribution in [0.25, 0.3) is 0 Å². The van der Waals surface area contributed by atoms with E-state index in [0.29, 0.717) is 5.92 Å². The lowest BCUT2D eigenvalue weighted by molar-refractivity contribution is 0.553. The van der Waals surface area contributed by atoms with E-state index in [0.717, 1.165) is 29.3 Å². The number of nitrogens with zero attached hydrogens (tertiary/aromatic N) is 2. The van der Waals surface area contributed by atoms with Gasteiger partial charge in [0.1, 0.15) is 0 Å². The molecule has 2 nitrogen and oxygen atoms in total. The molecule has 0 aromatic carbocycles. The highest BCUT2D eigenvalue weighted by Gasteiger charge is 2.14. The van der Waals surface area contributed by atoms with Crippen LogP contribution in [0.3, 0.4) is 0 Å². The maximum atomic E-state index is 6.20. The van der Waals surface area contributed by atoms with Gasteiger partial charge in [-0.1, -0.05) is 25.4 Å². The van der Waals surface area contributed by atoms with Crippen LogP contribution in [-0.4, -0.2) is 15.2 Å². The third-order valence-corrected chi connectivity index (χ3v) is 3.86. The molecule has 1 unspecified atom stereocenters. The van der Waals surface area contributed by atoms with Gasteiger partial charge in [0.15, 0.2) is 0 Å².